The summed E-state index contributed by atoms with van der Waals surface area (Å²) in [7, 11) is -19.3. The lowest BCUT2D eigenvalue weighted by molar-refractivity contribution is -0.745. The van der Waals surface area contributed by atoms with Gasteiger partial charge in [-0.05, 0) is 6.42 Å². The second-order valence-electron chi connectivity index (χ2n) is 17.3. The molecule has 426 valence electrons. The smallest absolute Gasteiger partial charge is 0.387 e. The van der Waals surface area contributed by atoms with Gasteiger partial charge in [-0.2, -0.15) is 8.62 Å². The number of hydrogen-bond acceptors (Lipinski definition) is 27. The summed E-state index contributed by atoms with van der Waals surface area (Å²) >= 11 is 0. The van der Waals surface area contributed by atoms with Gasteiger partial charge in [0.05, 0.1) is 52.5 Å². The minimum atomic E-state index is -6.21. The number of ether oxygens (including phenoxy) is 6. The average Bonchev–Trinajstić information content (AvgIpc) is 4.24. The highest BCUT2D eigenvalue weighted by Gasteiger charge is 2.58. The van der Waals surface area contributed by atoms with Crippen molar-refractivity contribution < 1.29 is 108 Å². The molecule has 0 bridgehead atoms. The van der Waals surface area contributed by atoms with Gasteiger partial charge in [-0.3, -0.25) is 46.9 Å². The molecule has 13 N–H and O–H groups in total. The number of methoxy groups -OCH3 is 2. The number of nitrogen functional groups attached to an aromatic ring is 2. The number of aromatic nitrogens is 10. The van der Waals surface area contributed by atoms with E-state index in [1.165, 1.54) is 34.2 Å². The minimum Gasteiger partial charge on any atom is -0.387 e. The van der Waals surface area contributed by atoms with Crippen molar-refractivity contribution in [3.05, 3.63) is 62.4 Å². The Labute approximate surface area is 430 Å². The number of nitrogens with two attached hydrogens (primary N) is 2. The van der Waals surface area contributed by atoms with E-state index in [2.05, 4.69) is 33.5 Å². The molecule has 4 unspecified atom stereocenters. The second kappa shape index (κ2) is 23.2. The molecule has 5 aromatic heterocycles. The van der Waals surface area contributed by atoms with Gasteiger partial charge in [0.2, 0.25) is 11.7 Å². The van der Waals surface area contributed by atoms with Crippen LogP contribution in [0.4, 0.5) is 11.8 Å². The van der Waals surface area contributed by atoms with Crippen LogP contribution >= 0.6 is 31.1 Å². The zero-order valence-electron chi connectivity index (χ0n) is 40.3. The number of aryl methyl sites for hydroxylation is 1. The molecule has 0 saturated carbocycles. The van der Waals surface area contributed by atoms with Gasteiger partial charge in [0.15, 0.2) is 30.2 Å². The van der Waals surface area contributed by atoms with E-state index in [0.717, 1.165) is 36.6 Å². The standard InChI is InChI=1S/C36H52N12O25P4/c1-45-15-48(30-22(45)31(53)44-35(38)43-30)32-23(50)16(5-7-65-9-8-63-2)17(69-32)10-67-75(57,58)72-77(61,62)73-76(59,60)68-12-19-27(26(64-3)34(71-19)47-14-41-21-28(37)39-13-40-29(21)47)74(55,56)66-11-18-24(51)25(52)33(70-18)46-6-4-20(49)42-36(46)54/h4,6,13-19,23-27,32-34,50-52H,5,7-12H2,1-3H3,(H9-,37,38,39,40,42,43,44,49,53,54,55,56,57,58,59,60,61,62)/p+1/t16-,17-,18-,19-,23-,24-,25-,26-,27-,32-,33-,34-/m1/s1. The first kappa shape index (κ1) is 58.5. The fourth-order valence-electron chi connectivity index (χ4n) is 8.90. The number of H-pyrrole nitrogens is 2. The molecule has 5 aromatic rings. The molecule has 0 aliphatic carbocycles. The van der Waals surface area contributed by atoms with Gasteiger partial charge in [0.1, 0.15) is 54.1 Å². The van der Waals surface area contributed by atoms with Crippen LogP contribution in [0.5, 0.6) is 0 Å². The van der Waals surface area contributed by atoms with Crippen molar-refractivity contribution in [3.8, 4) is 0 Å². The number of phosphoric acid groups is 3. The molecule has 77 heavy (non-hydrogen) atoms. The summed E-state index contributed by atoms with van der Waals surface area (Å²) in [5.41, 5.74) is 7.34. The van der Waals surface area contributed by atoms with Gasteiger partial charge in [-0.15, -0.1) is 0 Å². The topological polar surface area (TPSA) is 516 Å². The molecule has 0 amide bonds. The molecule has 3 fully saturated rings. The maximum Gasteiger partial charge on any atom is 0.490 e. The zero-order chi connectivity index (χ0) is 55.9. The monoisotopic (exact) mass is 1180 g/mol. The first-order valence-corrected chi connectivity index (χ1v) is 28.7. The molecule has 3 saturated heterocycles. The van der Waals surface area contributed by atoms with Crippen LogP contribution in [-0.4, -0.2) is 181 Å². The summed E-state index contributed by atoms with van der Waals surface area (Å²) in [5.74, 6) is -1.34. The van der Waals surface area contributed by atoms with Crippen LogP contribution in [0.2, 0.25) is 0 Å². The Hall–Kier alpha value is -4.62. The summed E-state index contributed by atoms with van der Waals surface area (Å²) < 4.78 is 116. The van der Waals surface area contributed by atoms with E-state index in [1.807, 2.05) is 4.98 Å². The number of nitrogens with one attached hydrogen (secondary N) is 2. The van der Waals surface area contributed by atoms with Crippen molar-refractivity contribution in [2.75, 3.05) is 65.3 Å². The van der Waals surface area contributed by atoms with Gasteiger partial charge in [-0.1, -0.05) is 4.98 Å². The Morgan fingerprint density at radius 3 is 2.13 bits per heavy atom. The van der Waals surface area contributed by atoms with Gasteiger partial charge >= 0.3 is 42.4 Å². The van der Waals surface area contributed by atoms with Crippen LogP contribution in [0.3, 0.4) is 0 Å². The second-order valence-corrected chi connectivity index (χ2v) is 23.9. The first-order chi connectivity index (χ1) is 36.2. The third-order valence-electron chi connectivity index (χ3n) is 12.3. The van der Waals surface area contributed by atoms with Crippen molar-refractivity contribution in [3.63, 3.8) is 0 Å². The number of phosphoric ester groups is 2. The van der Waals surface area contributed by atoms with Crippen molar-refractivity contribution in [2.45, 2.75) is 73.5 Å². The molecule has 16 atom stereocenters. The summed E-state index contributed by atoms with van der Waals surface area (Å²) in [4.78, 5) is 101. The van der Waals surface area contributed by atoms with E-state index in [9.17, 15) is 67.5 Å². The van der Waals surface area contributed by atoms with E-state index in [-0.39, 0.29) is 60.3 Å². The number of rotatable bonds is 24. The molecule has 0 spiro atoms. The Balaban J connectivity index is 0.959. The van der Waals surface area contributed by atoms with Crippen molar-refractivity contribution >= 4 is 65.2 Å². The third kappa shape index (κ3) is 12.7. The van der Waals surface area contributed by atoms with Crippen LogP contribution in [0.25, 0.3) is 22.3 Å². The number of hydrogen-bond donors (Lipinski definition) is 11. The third-order valence-corrected chi connectivity index (χ3v) is 18.5. The summed E-state index contributed by atoms with van der Waals surface area (Å²) in [5, 5.41) is 33.0. The molecule has 0 aromatic carbocycles. The lowest BCUT2D eigenvalue weighted by Crippen LogP contribution is -2.45. The summed E-state index contributed by atoms with van der Waals surface area (Å²) in [6, 6.07) is 0.927. The van der Waals surface area contributed by atoms with Gasteiger partial charge in [0.25, 0.3) is 17.1 Å². The first-order valence-electron chi connectivity index (χ1n) is 22.5. The fraction of sp³-hybridized carbons (Fsp3) is 0.611. The van der Waals surface area contributed by atoms with Crippen LogP contribution < -0.4 is 32.8 Å². The summed E-state index contributed by atoms with van der Waals surface area (Å²) in [6.45, 7) is -2.90. The number of nitrogens with zero attached hydrogens (tertiary/aromatic N) is 8. The zero-order valence-corrected chi connectivity index (χ0v) is 43.8. The maximum atomic E-state index is 14.3. The Bertz CT molecular complexity index is 3320. The van der Waals surface area contributed by atoms with E-state index in [1.54, 1.807) is 0 Å². The minimum absolute atomic E-state index is 0.00821. The molecule has 41 heteroatoms. The highest BCUT2D eigenvalue weighted by molar-refractivity contribution is 7.66. The molecular weight excluding hydrogens is 1120 g/mol. The van der Waals surface area contributed by atoms with Crippen LogP contribution in [-0.2, 0) is 75.9 Å². The van der Waals surface area contributed by atoms with Gasteiger partial charge < -0.3 is 79.3 Å². The number of anilines is 2. The quantitative estimate of drug-likeness (QED) is 0.0162. The molecule has 3 aliphatic heterocycles. The largest absolute Gasteiger partial charge is 0.490 e. The predicted molar refractivity (Wildman–Crippen MR) is 251 cm³/mol. The molecule has 0 radical (unpaired) electrons. The predicted octanol–water partition coefficient (Wildman–Crippen LogP) is -3.50. The Morgan fingerprint density at radius 1 is 0.779 bits per heavy atom. The number of imidazole rings is 2. The number of fused-ring (bicyclic) bond motifs is 2. The highest BCUT2D eigenvalue weighted by Crippen LogP contribution is 2.68. The Morgan fingerprint density at radius 2 is 1.45 bits per heavy atom. The normalized spacial score (nSPS) is 29.9. The van der Waals surface area contributed by atoms with E-state index >= 15 is 0 Å². The molecule has 8 heterocycles. The van der Waals surface area contributed by atoms with Crippen LogP contribution in [0, 0.1) is 5.92 Å². The van der Waals surface area contributed by atoms with Crippen LogP contribution in [0.15, 0.2) is 45.6 Å². The van der Waals surface area contributed by atoms with E-state index in [4.69, 9.17) is 53.5 Å². The lowest BCUT2D eigenvalue weighted by Gasteiger charge is -2.28. The summed E-state index contributed by atoms with van der Waals surface area (Å²) in [6.07, 6.45) is -11.6. The van der Waals surface area contributed by atoms with E-state index in [0.29, 0.717) is 0 Å². The molecule has 37 nitrogen and oxygen atoms in total. The van der Waals surface area contributed by atoms with Crippen molar-refractivity contribution in [1.82, 2.24) is 43.6 Å². The fourth-order valence-corrected chi connectivity index (χ4v) is 14.2. The molecule has 8 rings (SSSR count). The number of aromatic amines is 2. The van der Waals surface area contributed by atoms with Crippen molar-refractivity contribution in [1.29, 1.82) is 0 Å². The molecular formula is C36H53N12O25P4+. The number of aliphatic hydroxyl groups is 3. The number of aliphatic hydroxyl groups excluding tert-OH is 3. The average molecular weight is 1180 g/mol. The van der Waals surface area contributed by atoms with Gasteiger partial charge in [-0.25, -0.2) is 38.0 Å². The SMILES string of the molecule is COCCOCC[C@H]1[C@@H](O)[C@H]([n+]2cn(C)c3c(=O)[nH]c(N)nc32)O[C@@H]1COP(=O)(O)OP(=O)(O)OP(=O)(O)OC[C@H]1O[C@@H](n2cnc3c(N)ncnc32)[C@H](OC)[C@@H]1P(=O)(O)OC[C@H]1O[C@@H](n2ccc(=O)[nH]c2=O)[C@H](O)[C@@H]1O. The lowest BCUT2D eigenvalue weighted by atomic mass is 9.95. The van der Waals surface area contributed by atoms with Crippen LogP contribution in [0.1, 0.15) is 25.1 Å². The van der Waals surface area contributed by atoms with Gasteiger partial charge in [0, 0.05) is 39.0 Å². The maximum absolute atomic E-state index is 14.3. The van der Waals surface area contributed by atoms with Crippen molar-refractivity contribution in [2.24, 2.45) is 13.0 Å². The highest BCUT2D eigenvalue weighted by atomic mass is 31.3. The molecule has 3 aliphatic rings. The van der Waals surface area contributed by atoms with E-state index < -0.39 is 141 Å². The Kier molecular flexibility index (Phi) is 17.7.